The largest absolute Gasteiger partial charge is 0.462 e. The highest BCUT2D eigenvalue weighted by Crippen LogP contribution is 2.49. The van der Waals surface area contributed by atoms with Gasteiger partial charge in [0.25, 0.3) is 0 Å². The van der Waals surface area contributed by atoms with E-state index in [0.717, 1.165) is 32.3 Å². The summed E-state index contributed by atoms with van der Waals surface area (Å²) in [5.41, 5.74) is -0.00248. The summed E-state index contributed by atoms with van der Waals surface area (Å²) < 4.78 is 24.3. The Morgan fingerprint density at radius 3 is 2.60 bits per heavy atom. The Labute approximate surface area is 153 Å². The fraction of sp³-hybridized carbons (Fsp3) is 0.947. The zero-order valence-corrected chi connectivity index (χ0v) is 17.5. The van der Waals surface area contributed by atoms with Crippen LogP contribution in [0.15, 0.2) is 0 Å². The smallest absolute Gasteiger partial charge is 0.306 e. The fourth-order valence-electron chi connectivity index (χ4n) is 4.64. The van der Waals surface area contributed by atoms with Crippen molar-refractivity contribution in [2.24, 2.45) is 17.3 Å². The molecule has 0 radical (unpaired) electrons. The molecule has 25 heavy (non-hydrogen) atoms. The minimum absolute atomic E-state index is 0.00248. The van der Waals surface area contributed by atoms with Crippen molar-refractivity contribution in [2.45, 2.75) is 90.6 Å². The van der Waals surface area contributed by atoms with E-state index in [4.69, 9.17) is 18.6 Å². The van der Waals surface area contributed by atoms with Crippen LogP contribution in [-0.2, 0) is 23.4 Å². The van der Waals surface area contributed by atoms with Crippen LogP contribution in [0.5, 0.6) is 0 Å². The Bertz CT molecular complexity index is 469. The van der Waals surface area contributed by atoms with Gasteiger partial charge in [-0.05, 0) is 37.8 Å². The van der Waals surface area contributed by atoms with Gasteiger partial charge in [-0.25, -0.2) is 0 Å². The van der Waals surface area contributed by atoms with E-state index in [0.29, 0.717) is 6.42 Å². The van der Waals surface area contributed by atoms with Crippen LogP contribution in [0.1, 0.15) is 52.9 Å². The van der Waals surface area contributed by atoms with E-state index in [1.165, 1.54) is 0 Å². The predicted molar refractivity (Wildman–Crippen MR) is 97.8 cm³/mol. The molecule has 2 unspecified atom stereocenters. The first-order chi connectivity index (χ1) is 11.8. The lowest BCUT2D eigenvalue weighted by atomic mass is 9.75. The molecule has 1 saturated carbocycles. The second kappa shape index (κ2) is 7.67. The molecule has 0 aromatic heterocycles. The molecule has 6 heteroatoms. The lowest BCUT2D eigenvalue weighted by Crippen LogP contribution is -2.46. The maximum atomic E-state index is 11.9. The van der Waals surface area contributed by atoms with E-state index >= 15 is 0 Å². The fourth-order valence-corrected chi connectivity index (χ4v) is 5.82. The van der Waals surface area contributed by atoms with Gasteiger partial charge in [0.05, 0.1) is 18.6 Å². The normalized spacial score (nSPS) is 37.2. The molecule has 0 amide bonds. The van der Waals surface area contributed by atoms with Crippen molar-refractivity contribution < 1.29 is 23.4 Å². The van der Waals surface area contributed by atoms with Crippen molar-refractivity contribution in [3.63, 3.8) is 0 Å². The molecule has 5 nitrogen and oxygen atoms in total. The van der Waals surface area contributed by atoms with Crippen molar-refractivity contribution in [1.82, 2.24) is 0 Å². The third kappa shape index (κ3) is 4.46. The van der Waals surface area contributed by atoms with Crippen LogP contribution in [-0.4, -0.2) is 46.2 Å². The first-order valence-corrected chi connectivity index (χ1v) is 12.7. The summed E-state index contributed by atoms with van der Waals surface area (Å²) in [5, 5.41) is 0. The molecule has 2 saturated heterocycles. The van der Waals surface area contributed by atoms with Crippen molar-refractivity contribution in [2.75, 3.05) is 6.61 Å². The van der Waals surface area contributed by atoms with Crippen LogP contribution in [0.4, 0.5) is 0 Å². The van der Waals surface area contributed by atoms with Crippen molar-refractivity contribution in [3.05, 3.63) is 0 Å². The van der Waals surface area contributed by atoms with E-state index in [-0.39, 0.29) is 47.8 Å². The second-order valence-corrected chi connectivity index (χ2v) is 11.5. The molecule has 3 rings (SSSR count). The van der Waals surface area contributed by atoms with Crippen LogP contribution in [0, 0.1) is 17.3 Å². The number of fused-ring (bicyclic) bond motifs is 1. The van der Waals surface area contributed by atoms with Gasteiger partial charge in [-0.15, -0.1) is 0 Å². The Hall–Kier alpha value is -0.433. The summed E-state index contributed by atoms with van der Waals surface area (Å²) in [7, 11) is -1.22. The minimum atomic E-state index is -1.22. The molecule has 6 atom stereocenters. The third-order valence-corrected chi connectivity index (χ3v) is 6.47. The van der Waals surface area contributed by atoms with Gasteiger partial charge < -0.3 is 18.6 Å². The van der Waals surface area contributed by atoms with Crippen LogP contribution in [0.25, 0.3) is 0 Å². The number of rotatable bonds is 5. The third-order valence-electron chi connectivity index (χ3n) is 5.64. The Balaban J connectivity index is 1.81. The Morgan fingerprint density at radius 2 is 2.00 bits per heavy atom. The monoisotopic (exact) mass is 370 g/mol. The Morgan fingerprint density at radius 1 is 1.24 bits per heavy atom. The van der Waals surface area contributed by atoms with Gasteiger partial charge in [-0.1, -0.05) is 20.8 Å². The highest BCUT2D eigenvalue weighted by molar-refractivity contribution is 6.48. The van der Waals surface area contributed by atoms with E-state index in [2.05, 4.69) is 33.9 Å². The van der Waals surface area contributed by atoms with Gasteiger partial charge in [-0.2, -0.15) is 0 Å². The molecular weight excluding hydrogens is 336 g/mol. The van der Waals surface area contributed by atoms with E-state index in [1.807, 2.05) is 0 Å². The second-order valence-electron chi connectivity index (χ2n) is 9.15. The molecule has 0 aromatic rings. The number of hydrogen-bond donors (Lipinski definition) is 0. The SMILES string of the molecule is C[SiH](C)OC([C@@H]1[C@H]2CC(=O)O[C@H]2C[C@H]1OC1CCCCO1)C(C)(C)C. The van der Waals surface area contributed by atoms with Crippen LogP contribution in [0.2, 0.25) is 13.1 Å². The average Bonchev–Trinajstić information content (AvgIpc) is 3.00. The summed E-state index contributed by atoms with van der Waals surface area (Å²) >= 11 is 0. The van der Waals surface area contributed by atoms with Gasteiger partial charge in [0.15, 0.2) is 15.3 Å². The lowest BCUT2D eigenvalue weighted by molar-refractivity contribution is -0.206. The van der Waals surface area contributed by atoms with Crippen molar-refractivity contribution in [3.8, 4) is 0 Å². The highest BCUT2D eigenvalue weighted by Gasteiger charge is 2.56. The molecule has 0 N–H and O–H groups in total. The zero-order chi connectivity index (χ0) is 18.2. The maximum Gasteiger partial charge on any atom is 0.306 e. The summed E-state index contributed by atoms with van der Waals surface area (Å²) in [6.07, 6.45) is 4.48. The topological polar surface area (TPSA) is 54.0 Å². The summed E-state index contributed by atoms with van der Waals surface area (Å²) in [6.45, 7) is 11.9. The van der Waals surface area contributed by atoms with Crippen molar-refractivity contribution >= 4 is 15.0 Å². The standard InChI is InChI=1S/C19H34O5Si/c1-19(2,3)18(24-25(4)5)17-12-10-15(20)22-13(12)11-14(17)23-16-8-6-7-9-21-16/h12-14,16-18,25H,6-11H2,1-5H3/t12-,13-,14+,16?,17+,18?/m0/s1. The molecule has 144 valence electrons. The Kier molecular flexibility index (Phi) is 5.93. The van der Waals surface area contributed by atoms with E-state index in [9.17, 15) is 4.79 Å². The molecule has 3 aliphatic rings. The van der Waals surface area contributed by atoms with Gasteiger partial charge in [-0.3, -0.25) is 4.79 Å². The predicted octanol–water partition coefficient (Wildman–Crippen LogP) is 3.26. The van der Waals surface area contributed by atoms with Gasteiger partial charge in [0.2, 0.25) is 0 Å². The van der Waals surface area contributed by atoms with Gasteiger partial charge >= 0.3 is 5.97 Å². The summed E-state index contributed by atoms with van der Waals surface area (Å²) in [5.74, 6) is 0.330. The number of carbonyl (C=O) groups is 1. The van der Waals surface area contributed by atoms with Crippen molar-refractivity contribution in [1.29, 1.82) is 0 Å². The molecule has 3 fully saturated rings. The minimum Gasteiger partial charge on any atom is -0.462 e. The average molecular weight is 371 g/mol. The van der Waals surface area contributed by atoms with Crippen LogP contribution in [0.3, 0.4) is 0 Å². The molecule has 0 spiro atoms. The number of esters is 1. The number of ether oxygens (including phenoxy) is 3. The van der Waals surface area contributed by atoms with E-state index < -0.39 is 9.04 Å². The quantitative estimate of drug-likeness (QED) is 0.549. The van der Waals surface area contributed by atoms with Gasteiger partial charge in [0, 0.05) is 24.9 Å². The lowest BCUT2D eigenvalue weighted by Gasteiger charge is -2.41. The number of hydrogen-bond acceptors (Lipinski definition) is 5. The number of carbonyl (C=O) groups excluding carboxylic acids is 1. The molecule has 2 heterocycles. The summed E-state index contributed by atoms with van der Waals surface area (Å²) in [4.78, 5) is 11.9. The first-order valence-electron chi connectivity index (χ1n) is 9.87. The molecule has 2 aliphatic heterocycles. The summed E-state index contributed by atoms with van der Waals surface area (Å²) in [6, 6.07) is 0. The molecule has 0 bridgehead atoms. The molecule has 1 aliphatic carbocycles. The first kappa shape index (κ1) is 19.3. The molecule has 0 aromatic carbocycles. The van der Waals surface area contributed by atoms with E-state index in [1.54, 1.807) is 0 Å². The maximum absolute atomic E-state index is 11.9. The van der Waals surface area contributed by atoms with Gasteiger partial charge in [0.1, 0.15) is 6.10 Å². The zero-order valence-electron chi connectivity index (χ0n) is 16.3. The van der Waals surface area contributed by atoms with Crippen LogP contribution >= 0.6 is 0 Å². The van der Waals surface area contributed by atoms with Crippen LogP contribution < -0.4 is 0 Å². The highest BCUT2D eigenvalue weighted by atomic mass is 28.3. The molecular formula is C19H34O5Si.